The molecule has 86 valence electrons. The molecular weight excluding hydrogens is 198 g/mol. The van der Waals surface area contributed by atoms with Crippen LogP contribution in [-0.4, -0.2) is 12.6 Å². The van der Waals surface area contributed by atoms with Crippen molar-refractivity contribution in [2.24, 2.45) is 5.73 Å². The van der Waals surface area contributed by atoms with Crippen LogP contribution in [0.2, 0.25) is 0 Å². The molecule has 0 spiro atoms. The molecule has 2 nitrogen and oxygen atoms in total. The minimum absolute atomic E-state index is 0.149. The normalized spacial score (nSPS) is 11.8. The highest BCUT2D eigenvalue weighted by atomic mass is 16.5. The molecule has 1 unspecified atom stereocenters. The number of terminal acetylenes is 1. The molecule has 1 aromatic rings. The van der Waals surface area contributed by atoms with Crippen molar-refractivity contribution in [1.29, 1.82) is 0 Å². The lowest BCUT2D eigenvalue weighted by Gasteiger charge is -2.12. The van der Waals surface area contributed by atoms with Gasteiger partial charge in [-0.25, -0.2) is 0 Å². The summed E-state index contributed by atoms with van der Waals surface area (Å²) in [7, 11) is 0. The highest BCUT2D eigenvalue weighted by molar-refractivity contribution is 5.33. The zero-order valence-electron chi connectivity index (χ0n) is 9.78. The van der Waals surface area contributed by atoms with Crippen molar-refractivity contribution >= 4 is 0 Å². The molecule has 0 amide bonds. The van der Waals surface area contributed by atoms with E-state index >= 15 is 0 Å². The molecule has 1 atom stereocenters. The number of benzene rings is 1. The van der Waals surface area contributed by atoms with Crippen LogP contribution in [-0.2, 0) is 6.42 Å². The van der Waals surface area contributed by atoms with Gasteiger partial charge < -0.3 is 10.5 Å². The van der Waals surface area contributed by atoms with Gasteiger partial charge in [0.1, 0.15) is 5.75 Å². The first-order chi connectivity index (χ1) is 7.74. The average molecular weight is 217 g/mol. The van der Waals surface area contributed by atoms with Crippen molar-refractivity contribution in [2.75, 3.05) is 6.61 Å². The SMILES string of the molecule is C#CCCCOc1ccccc1CC(C)N. The molecule has 0 bridgehead atoms. The maximum absolute atomic E-state index is 5.79. The summed E-state index contributed by atoms with van der Waals surface area (Å²) in [6, 6.07) is 8.16. The van der Waals surface area contributed by atoms with E-state index in [0.29, 0.717) is 6.61 Å². The summed E-state index contributed by atoms with van der Waals surface area (Å²) in [5.74, 6) is 3.53. The zero-order valence-corrected chi connectivity index (χ0v) is 9.78. The summed E-state index contributed by atoms with van der Waals surface area (Å²) in [4.78, 5) is 0. The summed E-state index contributed by atoms with van der Waals surface area (Å²) in [5.41, 5.74) is 6.95. The lowest BCUT2D eigenvalue weighted by atomic mass is 10.1. The second kappa shape index (κ2) is 6.92. The molecule has 1 rings (SSSR count). The van der Waals surface area contributed by atoms with Gasteiger partial charge in [0, 0.05) is 12.5 Å². The summed E-state index contributed by atoms with van der Waals surface area (Å²) in [5, 5.41) is 0. The van der Waals surface area contributed by atoms with Crippen molar-refractivity contribution in [3.8, 4) is 18.1 Å². The third-order valence-electron chi connectivity index (χ3n) is 2.24. The van der Waals surface area contributed by atoms with E-state index in [0.717, 1.165) is 25.0 Å². The Morgan fingerprint density at radius 3 is 2.88 bits per heavy atom. The lowest BCUT2D eigenvalue weighted by molar-refractivity contribution is 0.309. The van der Waals surface area contributed by atoms with Gasteiger partial charge in [0.05, 0.1) is 6.61 Å². The van der Waals surface area contributed by atoms with Crippen LogP contribution >= 0.6 is 0 Å². The smallest absolute Gasteiger partial charge is 0.122 e. The van der Waals surface area contributed by atoms with Gasteiger partial charge in [-0.1, -0.05) is 18.2 Å². The lowest BCUT2D eigenvalue weighted by Crippen LogP contribution is -2.18. The topological polar surface area (TPSA) is 35.2 Å². The van der Waals surface area contributed by atoms with Crippen LogP contribution in [0.15, 0.2) is 24.3 Å². The van der Waals surface area contributed by atoms with Gasteiger partial charge >= 0.3 is 0 Å². The maximum atomic E-state index is 5.79. The number of ether oxygens (including phenoxy) is 1. The Balaban J connectivity index is 2.54. The van der Waals surface area contributed by atoms with Gasteiger partial charge in [0.2, 0.25) is 0 Å². The van der Waals surface area contributed by atoms with E-state index in [-0.39, 0.29) is 6.04 Å². The molecule has 2 heteroatoms. The van der Waals surface area contributed by atoms with E-state index in [2.05, 4.69) is 12.0 Å². The largest absolute Gasteiger partial charge is 0.493 e. The Hall–Kier alpha value is -1.46. The molecule has 1 aromatic carbocycles. The summed E-state index contributed by atoms with van der Waals surface area (Å²) in [6.07, 6.45) is 7.67. The summed E-state index contributed by atoms with van der Waals surface area (Å²) >= 11 is 0. The molecule has 0 aliphatic heterocycles. The molecule has 2 N–H and O–H groups in total. The van der Waals surface area contributed by atoms with E-state index in [1.54, 1.807) is 0 Å². The Bertz CT molecular complexity index is 352. The van der Waals surface area contributed by atoms with Crippen LogP contribution in [0, 0.1) is 12.3 Å². The number of unbranched alkanes of at least 4 members (excludes halogenated alkanes) is 1. The minimum atomic E-state index is 0.149. The van der Waals surface area contributed by atoms with Gasteiger partial charge in [-0.15, -0.1) is 12.3 Å². The van der Waals surface area contributed by atoms with Gasteiger partial charge in [-0.2, -0.15) is 0 Å². The fourth-order valence-corrected chi connectivity index (χ4v) is 1.52. The van der Waals surface area contributed by atoms with Crippen molar-refractivity contribution < 1.29 is 4.74 Å². The third kappa shape index (κ3) is 4.37. The van der Waals surface area contributed by atoms with E-state index in [1.807, 2.05) is 25.1 Å². The molecule has 0 saturated carbocycles. The molecule has 0 saturated heterocycles. The number of para-hydroxylation sites is 1. The number of hydrogen-bond donors (Lipinski definition) is 1. The van der Waals surface area contributed by atoms with Crippen LogP contribution < -0.4 is 10.5 Å². The third-order valence-corrected chi connectivity index (χ3v) is 2.24. The zero-order chi connectivity index (χ0) is 11.8. The predicted molar refractivity (Wildman–Crippen MR) is 67.4 cm³/mol. The fraction of sp³-hybridized carbons (Fsp3) is 0.429. The first kappa shape index (κ1) is 12.6. The number of hydrogen-bond acceptors (Lipinski definition) is 2. The molecule has 0 aliphatic rings. The van der Waals surface area contributed by atoms with Crippen LogP contribution in [0.1, 0.15) is 25.3 Å². The first-order valence-electron chi connectivity index (χ1n) is 5.63. The first-order valence-corrected chi connectivity index (χ1v) is 5.63. The maximum Gasteiger partial charge on any atom is 0.122 e. The van der Waals surface area contributed by atoms with Crippen molar-refractivity contribution in [2.45, 2.75) is 32.2 Å². The van der Waals surface area contributed by atoms with E-state index in [1.165, 1.54) is 5.56 Å². The fourth-order valence-electron chi connectivity index (χ4n) is 1.52. The molecular formula is C14H19NO. The Morgan fingerprint density at radius 2 is 2.19 bits per heavy atom. The van der Waals surface area contributed by atoms with Gasteiger partial charge in [-0.05, 0) is 31.4 Å². The summed E-state index contributed by atoms with van der Waals surface area (Å²) in [6.45, 7) is 2.66. The molecule has 16 heavy (non-hydrogen) atoms. The molecule has 0 aliphatic carbocycles. The number of nitrogens with two attached hydrogens (primary N) is 1. The Kier molecular flexibility index (Phi) is 5.45. The van der Waals surface area contributed by atoms with E-state index in [9.17, 15) is 0 Å². The second-order valence-electron chi connectivity index (χ2n) is 3.95. The van der Waals surface area contributed by atoms with Crippen molar-refractivity contribution in [3.05, 3.63) is 29.8 Å². The van der Waals surface area contributed by atoms with Crippen LogP contribution in [0.4, 0.5) is 0 Å². The minimum Gasteiger partial charge on any atom is -0.493 e. The van der Waals surface area contributed by atoms with E-state index < -0.39 is 0 Å². The molecule has 0 aromatic heterocycles. The highest BCUT2D eigenvalue weighted by Gasteiger charge is 2.04. The monoisotopic (exact) mass is 217 g/mol. The highest BCUT2D eigenvalue weighted by Crippen LogP contribution is 2.19. The standard InChI is InChI=1S/C14H19NO/c1-3-4-7-10-16-14-9-6-5-8-13(14)11-12(2)15/h1,5-6,8-9,12H,4,7,10-11,15H2,2H3. The Morgan fingerprint density at radius 1 is 1.44 bits per heavy atom. The number of rotatable bonds is 6. The van der Waals surface area contributed by atoms with Crippen molar-refractivity contribution in [1.82, 2.24) is 0 Å². The van der Waals surface area contributed by atoms with Crippen molar-refractivity contribution in [3.63, 3.8) is 0 Å². The molecule has 0 heterocycles. The Labute approximate surface area is 97.8 Å². The summed E-state index contributed by atoms with van der Waals surface area (Å²) < 4.78 is 5.69. The van der Waals surface area contributed by atoms with Gasteiger partial charge in [-0.3, -0.25) is 0 Å². The molecule has 0 radical (unpaired) electrons. The average Bonchev–Trinajstić information content (AvgIpc) is 2.26. The van der Waals surface area contributed by atoms with Crippen LogP contribution in [0.3, 0.4) is 0 Å². The predicted octanol–water partition coefficient (Wildman–Crippen LogP) is 2.37. The van der Waals surface area contributed by atoms with E-state index in [4.69, 9.17) is 16.9 Å². The second-order valence-corrected chi connectivity index (χ2v) is 3.95. The molecule has 0 fully saturated rings. The quantitative estimate of drug-likeness (QED) is 0.586. The van der Waals surface area contributed by atoms with Gasteiger partial charge in [0.15, 0.2) is 0 Å². The van der Waals surface area contributed by atoms with Gasteiger partial charge in [0.25, 0.3) is 0 Å². The van der Waals surface area contributed by atoms with Crippen LogP contribution in [0.25, 0.3) is 0 Å². The van der Waals surface area contributed by atoms with Crippen LogP contribution in [0.5, 0.6) is 5.75 Å².